The second-order valence-corrected chi connectivity index (χ2v) is 3.48. The Morgan fingerprint density at radius 3 is 2.53 bits per heavy atom. The highest BCUT2D eigenvalue weighted by molar-refractivity contribution is 5.89. The number of urea groups is 1. The summed E-state index contributed by atoms with van der Waals surface area (Å²) in [5.41, 5.74) is 1.99. The molecule has 0 saturated carbocycles. The van der Waals surface area contributed by atoms with Crippen molar-refractivity contribution >= 4 is 11.7 Å². The number of carbonyl (C=O) groups is 1. The molecule has 0 fully saturated rings. The molecule has 1 aromatic rings. The van der Waals surface area contributed by atoms with Gasteiger partial charge >= 0.3 is 6.03 Å². The highest BCUT2D eigenvalue weighted by atomic mass is 16.2. The molecular weight excluding hydrogens is 188 g/mol. The first kappa shape index (κ1) is 11.3. The topological polar surface area (TPSA) is 41.1 Å². The van der Waals surface area contributed by atoms with Crippen molar-refractivity contribution in [2.45, 2.75) is 13.8 Å². The fraction of sp³-hybridized carbons (Fsp3) is 0.250. The second kappa shape index (κ2) is 5.86. The van der Waals surface area contributed by atoms with Crippen molar-refractivity contribution in [3.63, 3.8) is 0 Å². The monoisotopic (exact) mass is 204 g/mol. The number of anilines is 1. The van der Waals surface area contributed by atoms with Gasteiger partial charge in [-0.05, 0) is 26.0 Å². The third kappa shape index (κ3) is 4.86. The minimum Gasteiger partial charge on any atom is -0.334 e. The van der Waals surface area contributed by atoms with E-state index in [0.717, 1.165) is 5.69 Å². The summed E-state index contributed by atoms with van der Waals surface area (Å²) in [5.74, 6) is 0. The highest BCUT2D eigenvalue weighted by Gasteiger charge is 1.97. The van der Waals surface area contributed by atoms with Crippen LogP contribution in [0, 0.1) is 0 Å². The van der Waals surface area contributed by atoms with Crippen LogP contribution >= 0.6 is 0 Å². The van der Waals surface area contributed by atoms with Crippen LogP contribution in [-0.4, -0.2) is 12.6 Å². The Labute approximate surface area is 90.2 Å². The van der Waals surface area contributed by atoms with Gasteiger partial charge in [0.05, 0.1) is 0 Å². The number of allylic oxidation sites excluding steroid dienone is 1. The van der Waals surface area contributed by atoms with Crippen LogP contribution in [0.1, 0.15) is 13.8 Å². The smallest absolute Gasteiger partial charge is 0.319 e. The molecule has 0 spiro atoms. The average Bonchev–Trinajstić information content (AvgIpc) is 2.18. The van der Waals surface area contributed by atoms with Crippen LogP contribution in [0.15, 0.2) is 42.0 Å². The van der Waals surface area contributed by atoms with Gasteiger partial charge in [0.25, 0.3) is 0 Å². The van der Waals surface area contributed by atoms with Gasteiger partial charge in [0.1, 0.15) is 0 Å². The van der Waals surface area contributed by atoms with E-state index in [4.69, 9.17) is 0 Å². The molecule has 0 aliphatic heterocycles. The number of rotatable bonds is 3. The molecule has 3 heteroatoms. The van der Waals surface area contributed by atoms with Gasteiger partial charge in [0.2, 0.25) is 0 Å². The summed E-state index contributed by atoms with van der Waals surface area (Å²) in [6.07, 6.45) is 1.96. The van der Waals surface area contributed by atoms with Crippen LogP contribution < -0.4 is 10.6 Å². The molecule has 2 N–H and O–H groups in total. The lowest BCUT2D eigenvalue weighted by Gasteiger charge is -2.05. The minimum atomic E-state index is -0.182. The lowest BCUT2D eigenvalue weighted by molar-refractivity contribution is 0.253. The van der Waals surface area contributed by atoms with Crippen molar-refractivity contribution in [2.75, 3.05) is 11.9 Å². The summed E-state index contributed by atoms with van der Waals surface area (Å²) in [6, 6.07) is 9.18. The van der Waals surface area contributed by atoms with Crippen LogP contribution in [0.3, 0.4) is 0 Å². The van der Waals surface area contributed by atoms with Gasteiger partial charge in [-0.25, -0.2) is 4.79 Å². The van der Waals surface area contributed by atoms with E-state index in [1.165, 1.54) is 5.57 Å². The predicted octanol–water partition coefficient (Wildman–Crippen LogP) is 2.77. The molecule has 1 aromatic carbocycles. The Balaban J connectivity index is 2.34. The summed E-state index contributed by atoms with van der Waals surface area (Å²) in [5, 5.41) is 5.47. The third-order valence-electron chi connectivity index (χ3n) is 1.80. The van der Waals surface area contributed by atoms with Gasteiger partial charge in [-0.15, -0.1) is 0 Å². The molecule has 0 saturated heterocycles. The van der Waals surface area contributed by atoms with Gasteiger partial charge in [0.15, 0.2) is 0 Å². The maximum absolute atomic E-state index is 11.3. The number of para-hydroxylation sites is 1. The van der Waals surface area contributed by atoms with Crippen LogP contribution in [0.5, 0.6) is 0 Å². The lowest BCUT2D eigenvalue weighted by Crippen LogP contribution is -2.28. The molecule has 80 valence electrons. The van der Waals surface area contributed by atoms with Crippen LogP contribution in [0.2, 0.25) is 0 Å². The molecule has 0 atom stereocenters. The van der Waals surface area contributed by atoms with E-state index in [2.05, 4.69) is 10.6 Å². The van der Waals surface area contributed by atoms with Gasteiger partial charge in [-0.3, -0.25) is 0 Å². The Bertz CT molecular complexity index is 340. The van der Waals surface area contributed by atoms with Crippen LogP contribution in [-0.2, 0) is 0 Å². The van der Waals surface area contributed by atoms with E-state index >= 15 is 0 Å². The SMILES string of the molecule is CC(C)=CCNC(=O)Nc1ccccc1. The Morgan fingerprint density at radius 2 is 1.93 bits per heavy atom. The fourth-order valence-corrected chi connectivity index (χ4v) is 1.04. The zero-order valence-electron chi connectivity index (χ0n) is 9.08. The number of benzene rings is 1. The van der Waals surface area contributed by atoms with E-state index in [1.54, 1.807) is 0 Å². The molecular formula is C12H16N2O. The molecule has 0 unspecified atom stereocenters. The third-order valence-corrected chi connectivity index (χ3v) is 1.80. The molecule has 3 nitrogen and oxygen atoms in total. The first-order valence-electron chi connectivity index (χ1n) is 4.92. The molecule has 0 aliphatic carbocycles. The van der Waals surface area contributed by atoms with E-state index in [0.29, 0.717) is 6.54 Å². The summed E-state index contributed by atoms with van der Waals surface area (Å²) >= 11 is 0. The minimum absolute atomic E-state index is 0.182. The quantitative estimate of drug-likeness (QED) is 0.730. The summed E-state index contributed by atoms with van der Waals surface area (Å²) < 4.78 is 0. The summed E-state index contributed by atoms with van der Waals surface area (Å²) in [4.78, 5) is 11.3. The first-order valence-corrected chi connectivity index (χ1v) is 4.92. The summed E-state index contributed by atoms with van der Waals surface area (Å²) in [7, 11) is 0. The van der Waals surface area contributed by atoms with Gasteiger partial charge in [-0.1, -0.05) is 29.8 Å². The molecule has 15 heavy (non-hydrogen) atoms. The highest BCUT2D eigenvalue weighted by Crippen LogP contribution is 2.03. The van der Waals surface area contributed by atoms with Gasteiger partial charge in [-0.2, -0.15) is 0 Å². The molecule has 0 aliphatic rings. The van der Waals surface area contributed by atoms with Gasteiger partial charge < -0.3 is 10.6 Å². The molecule has 2 amide bonds. The molecule has 0 aromatic heterocycles. The maximum Gasteiger partial charge on any atom is 0.319 e. The van der Waals surface area contributed by atoms with Crippen LogP contribution in [0.25, 0.3) is 0 Å². The lowest BCUT2D eigenvalue weighted by atomic mass is 10.3. The van der Waals surface area contributed by atoms with E-state index < -0.39 is 0 Å². The van der Waals surface area contributed by atoms with Crippen molar-refractivity contribution < 1.29 is 4.79 Å². The van der Waals surface area contributed by atoms with Crippen molar-refractivity contribution in [3.8, 4) is 0 Å². The summed E-state index contributed by atoms with van der Waals surface area (Å²) in [6.45, 7) is 4.55. The van der Waals surface area contributed by atoms with Gasteiger partial charge in [0, 0.05) is 12.2 Å². The first-order chi connectivity index (χ1) is 7.18. The molecule has 0 bridgehead atoms. The Morgan fingerprint density at radius 1 is 1.27 bits per heavy atom. The predicted molar refractivity (Wildman–Crippen MR) is 62.9 cm³/mol. The average molecular weight is 204 g/mol. The number of hydrogen-bond donors (Lipinski definition) is 2. The second-order valence-electron chi connectivity index (χ2n) is 3.48. The standard InChI is InChI=1S/C12H16N2O/c1-10(2)8-9-13-12(15)14-11-6-4-3-5-7-11/h3-8H,9H2,1-2H3,(H2,13,14,15). The molecule has 1 rings (SSSR count). The molecule has 0 heterocycles. The number of amides is 2. The number of hydrogen-bond acceptors (Lipinski definition) is 1. The van der Waals surface area contributed by atoms with Crippen molar-refractivity contribution in [2.24, 2.45) is 0 Å². The zero-order valence-corrected chi connectivity index (χ0v) is 9.08. The number of nitrogens with one attached hydrogen (secondary N) is 2. The zero-order chi connectivity index (χ0) is 11.1. The van der Waals surface area contributed by atoms with E-state index in [9.17, 15) is 4.79 Å². The van der Waals surface area contributed by atoms with E-state index in [-0.39, 0.29) is 6.03 Å². The van der Waals surface area contributed by atoms with Crippen molar-refractivity contribution in [1.82, 2.24) is 5.32 Å². The normalized spacial score (nSPS) is 9.20. The van der Waals surface area contributed by atoms with Crippen LogP contribution in [0.4, 0.5) is 10.5 Å². The van der Waals surface area contributed by atoms with E-state index in [1.807, 2.05) is 50.3 Å². The fourth-order valence-electron chi connectivity index (χ4n) is 1.04. The van der Waals surface area contributed by atoms with Crippen molar-refractivity contribution in [3.05, 3.63) is 42.0 Å². The maximum atomic E-state index is 11.3. The Hall–Kier alpha value is -1.77. The largest absolute Gasteiger partial charge is 0.334 e. The van der Waals surface area contributed by atoms with Crippen molar-refractivity contribution in [1.29, 1.82) is 0 Å². The number of carbonyl (C=O) groups excluding carboxylic acids is 1. The molecule has 0 radical (unpaired) electrons. The Kier molecular flexibility index (Phi) is 4.41.